The number of fused-ring (bicyclic) bond motifs is 1. The molecule has 2 amide bonds. The number of nitrogens with zero attached hydrogens (tertiary/aromatic N) is 1. The van der Waals surface area contributed by atoms with Crippen LogP contribution >= 0.6 is 23.2 Å². The van der Waals surface area contributed by atoms with Crippen LogP contribution in [0.3, 0.4) is 0 Å². The van der Waals surface area contributed by atoms with Gasteiger partial charge >= 0.3 is 5.97 Å². The number of hydrogen-bond acceptors (Lipinski definition) is 4. The van der Waals surface area contributed by atoms with E-state index in [0.717, 1.165) is 0 Å². The molecular formula is C19H14Cl2N2O4. The Morgan fingerprint density at radius 3 is 2.48 bits per heavy atom. The summed E-state index contributed by atoms with van der Waals surface area (Å²) >= 11 is 11.9. The summed E-state index contributed by atoms with van der Waals surface area (Å²) in [4.78, 5) is 37.5. The highest BCUT2D eigenvalue weighted by molar-refractivity contribution is 6.44. The van der Waals surface area contributed by atoms with Crippen LogP contribution in [0.25, 0.3) is 5.70 Å². The predicted octanol–water partition coefficient (Wildman–Crippen LogP) is 3.60. The van der Waals surface area contributed by atoms with Crippen molar-refractivity contribution in [2.75, 3.05) is 18.5 Å². The summed E-state index contributed by atoms with van der Waals surface area (Å²) in [5.41, 5.74) is 1.87. The Labute approximate surface area is 165 Å². The summed E-state index contributed by atoms with van der Waals surface area (Å²) in [6.07, 6.45) is 0. The topological polar surface area (TPSA) is 75.7 Å². The molecule has 0 saturated carbocycles. The minimum Gasteiger partial charge on any atom is -0.454 e. The Morgan fingerprint density at radius 2 is 1.78 bits per heavy atom. The summed E-state index contributed by atoms with van der Waals surface area (Å²) in [6.45, 7) is 2.98. The van der Waals surface area contributed by atoms with Crippen molar-refractivity contribution in [2.24, 2.45) is 0 Å². The maximum absolute atomic E-state index is 12.3. The zero-order valence-corrected chi connectivity index (χ0v) is 15.5. The first kappa shape index (κ1) is 18.9. The van der Waals surface area contributed by atoms with Gasteiger partial charge in [-0.1, -0.05) is 54.0 Å². The van der Waals surface area contributed by atoms with Crippen LogP contribution in [0.4, 0.5) is 5.69 Å². The summed E-state index contributed by atoms with van der Waals surface area (Å²) in [7, 11) is 0. The fourth-order valence-corrected chi connectivity index (χ4v) is 2.96. The van der Waals surface area contributed by atoms with Crippen LogP contribution in [-0.2, 0) is 14.3 Å². The third-order valence-electron chi connectivity index (χ3n) is 3.92. The number of anilines is 1. The van der Waals surface area contributed by atoms with Crippen LogP contribution in [-0.4, -0.2) is 35.8 Å². The van der Waals surface area contributed by atoms with Gasteiger partial charge in [-0.15, -0.1) is 0 Å². The zero-order valence-electron chi connectivity index (χ0n) is 14.0. The van der Waals surface area contributed by atoms with Crippen LogP contribution in [0.15, 0.2) is 49.0 Å². The molecule has 2 aromatic rings. The van der Waals surface area contributed by atoms with Crippen molar-refractivity contribution in [3.8, 4) is 0 Å². The van der Waals surface area contributed by atoms with Gasteiger partial charge < -0.3 is 10.1 Å². The van der Waals surface area contributed by atoms with Crippen molar-refractivity contribution in [3.63, 3.8) is 0 Å². The molecule has 0 radical (unpaired) electrons. The molecule has 1 aliphatic rings. The van der Waals surface area contributed by atoms with E-state index in [1.807, 2.05) is 0 Å². The molecule has 8 heteroatoms. The van der Waals surface area contributed by atoms with Crippen molar-refractivity contribution in [1.29, 1.82) is 0 Å². The third kappa shape index (κ3) is 3.97. The summed E-state index contributed by atoms with van der Waals surface area (Å²) in [6, 6.07) is 11.7. The maximum atomic E-state index is 12.3. The summed E-state index contributed by atoms with van der Waals surface area (Å²) in [5, 5.41) is 2.98. The first-order valence-corrected chi connectivity index (χ1v) is 8.63. The van der Waals surface area contributed by atoms with Gasteiger partial charge in [0.2, 0.25) is 0 Å². The highest BCUT2D eigenvalue weighted by Crippen LogP contribution is 2.31. The number of halogens is 2. The molecule has 2 aromatic carbocycles. The van der Waals surface area contributed by atoms with E-state index in [4.69, 9.17) is 27.9 Å². The van der Waals surface area contributed by atoms with Crippen LogP contribution in [0.2, 0.25) is 10.0 Å². The van der Waals surface area contributed by atoms with Gasteiger partial charge in [0, 0.05) is 16.8 Å². The molecule has 0 fully saturated rings. The molecule has 6 nitrogen and oxygen atoms in total. The van der Waals surface area contributed by atoms with Gasteiger partial charge in [-0.2, -0.15) is 0 Å². The van der Waals surface area contributed by atoms with Crippen molar-refractivity contribution >= 4 is 52.4 Å². The molecule has 1 N–H and O–H groups in total. The Hall–Kier alpha value is -2.83. The number of carbonyl (C=O) groups excluding carboxylic acids is 3. The Kier molecular flexibility index (Phi) is 5.48. The van der Waals surface area contributed by atoms with Gasteiger partial charge in [0.25, 0.3) is 11.8 Å². The first-order chi connectivity index (χ1) is 12.9. The highest BCUT2D eigenvalue weighted by Gasteiger charge is 2.32. The second-order valence-corrected chi connectivity index (χ2v) is 6.48. The molecule has 0 aliphatic carbocycles. The second-order valence-electron chi connectivity index (χ2n) is 5.69. The number of benzene rings is 2. The Morgan fingerprint density at radius 1 is 1.07 bits per heavy atom. The average Bonchev–Trinajstić information content (AvgIpc) is 2.89. The fraction of sp³-hybridized carbons (Fsp3) is 0.105. The minimum atomic E-state index is -0.732. The predicted molar refractivity (Wildman–Crippen MR) is 103 cm³/mol. The van der Waals surface area contributed by atoms with Crippen molar-refractivity contribution in [1.82, 2.24) is 4.90 Å². The van der Waals surface area contributed by atoms with Crippen LogP contribution in [0.1, 0.15) is 15.9 Å². The molecular weight excluding hydrogens is 391 g/mol. The Bertz CT molecular complexity index is 923. The number of esters is 1. The smallest absolute Gasteiger partial charge is 0.326 e. The fourth-order valence-electron chi connectivity index (χ4n) is 2.61. The van der Waals surface area contributed by atoms with Crippen LogP contribution < -0.4 is 5.32 Å². The lowest BCUT2D eigenvalue weighted by atomic mass is 10.1. The molecule has 0 aromatic heterocycles. The van der Waals surface area contributed by atoms with Crippen molar-refractivity contribution < 1.29 is 19.1 Å². The largest absolute Gasteiger partial charge is 0.454 e. The minimum absolute atomic E-state index is 0.190. The maximum Gasteiger partial charge on any atom is 0.326 e. The van der Waals surface area contributed by atoms with E-state index in [1.165, 1.54) is 4.90 Å². The van der Waals surface area contributed by atoms with Crippen molar-refractivity contribution in [2.45, 2.75) is 0 Å². The molecule has 0 unspecified atom stereocenters. The summed E-state index contributed by atoms with van der Waals surface area (Å²) in [5.74, 6) is -1.64. The molecule has 1 heterocycles. The van der Waals surface area contributed by atoms with Crippen molar-refractivity contribution in [3.05, 3.63) is 70.2 Å². The first-order valence-electron chi connectivity index (χ1n) is 7.88. The van der Waals surface area contributed by atoms with Gasteiger partial charge in [0.1, 0.15) is 6.54 Å². The number of nitrogens with one attached hydrogen (secondary N) is 1. The van der Waals surface area contributed by atoms with E-state index in [0.29, 0.717) is 22.5 Å². The number of hydrogen-bond donors (Lipinski definition) is 1. The molecule has 0 bridgehead atoms. The van der Waals surface area contributed by atoms with Crippen LogP contribution in [0.5, 0.6) is 0 Å². The van der Waals surface area contributed by atoms with E-state index in [2.05, 4.69) is 11.9 Å². The zero-order chi connectivity index (χ0) is 19.6. The Balaban J connectivity index is 1.55. The molecule has 0 spiro atoms. The second kappa shape index (κ2) is 7.82. The normalized spacial score (nSPS) is 12.7. The molecule has 27 heavy (non-hydrogen) atoms. The van der Waals surface area contributed by atoms with Gasteiger partial charge in [0.05, 0.1) is 15.7 Å². The van der Waals surface area contributed by atoms with E-state index in [1.54, 1.807) is 42.5 Å². The molecule has 1 aliphatic heterocycles. The number of carbonyl (C=O) groups is 3. The van der Waals surface area contributed by atoms with Gasteiger partial charge in [-0.25, -0.2) is 0 Å². The van der Waals surface area contributed by atoms with E-state index >= 15 is 0 Å². The van der Waals surface area contributed by atoms with Crippen LogP contribution in [0, 0.1) is 0 Å². The van der Waals surface area contributed by atoms with Gasteiger partial charge in [0.15, 0.2) is 6.61 Å². The lowest BCUT2D eigenvalue weighted by Gasteiger charge is -2.16. The molecule has 0 saturated heterocycles. The average molecular weight is 405 g/mol. The number of rotatable bonds is 5. The van der Waals surface area contributed by atoms with E-state index < -0.39 is 18.5 Å². The lowest BCUT2D eigenvalue weighted by Crippen LogP contribution is -2.32. The van der Waals surface area contributed by atoms with E-state index in [9.17, 15) is 14.4 Å². The number of ether oxygens (including phenoxy) is 1. The standard InChI is InChI=1S/C19H14Cl2N2O4/c1-11-12-5-2-3-6-13(12)19(26)23(11)9-17(25)27-10-16(24)22-15-8-4-7-14(20)18(15)21/h2-8H,1,9-10H2,(H,22,24). The monoisotopic (exact) mass is 404 g/mol. The number of amides is 2. The lowest BCUT2D eigenvalue weighted by molar-refractivity contribution is -0.147. The SMILES string of the molecule is C=C1c2ccccc2C(=O)N1CC(=O)OCC(=O)Nc1cccc(Cl)c1Cl. The molecule has 0 atom stereocenters. The van der Waals surface area contributed by atoms with Gasteiger partial charge in [-0.05, 0) is 18.2 Å². The molecule has 138 valence electrons. The highest BCUT2D eigenvalue weighted by atomic mass is 35.5. The third-order valence-corrected chi connectivity index (χ3v) is 4.74. The van der Waals surface area contributed by atoms with E-state index in [-0.39, 0.29) is 22.5 Å². The van der Waals surface area contributed by atoms with Gasteiger partial charge in [-0.3, -0.25) is 19.3 Å². The summed E-state index contributed by atoms with van der Waals surface area (Å²) < 4.78 is 4.94. The quantitative estimate of drug-likeness (QED) is 0.772. The molecule has 3 rings (SSSR count).